The van der Waals surface area contributed by atoms with Crippen LogP contribution in [0.5, 0.6) is 0 Å². The van der Waals surface area contributed by atoms with Gasteiger partial charge in [-0.1, -0.05) is 137 Å². The number of phosphoric acid groups is 1. The number of aliphatic hydroxyl groups is 1. The molecule has 3 atom stereocenters. The number of allylic oxidation sites excluding steroid dienone is 14. The van der Waals surface area contributed by atoms with Crippen molar-refractivity contribution in [2.45, 2.75) is 142 Å². The number of likely N-dealkylation sites (N-methyl/N-ethyl adjacent to an activating group) is 1. The fraction of sp³-hybridized carbons (Fsp3) is 0.651. The summed E-state index contributed by atoms with van der Waals surface area (Å²) in [5.41, 5.74) is 0. The Hall–Kier alpha value is -2.32. The summed E-state index contributed by atoms with van der Waals surface area (Å²) in [5, 5.41) is 13.7. The largest absolute Gasteiger partial charge is 0.472 e. The van der Waals surface area contributed by atoms with Crippen LogP contribution in [0.1, 0.15) is 129 Å². The summed E-state index contributed by atoms with van der Waals surface area (Å²) in [6, 6.07) is -0.780. The molecule has 9 heteroatoms. The van der Waals surface area contributed by atoms with Crippen LogP contribution in [0.3, 0.4) is 0 Å². The molecule has 52 heavy (non-hydrogen) atoms. The summed E-state index contributed by atoms with van der Waals surface area (Å²) in [7, 11) is 1.57. The predicted octanol–water partition coefficient (Wildman–Crippen LogP) is 10.6. The van der Waals surface area contributed by atoms with E-state index < -0.39 is 20.0 Å². The molecule has 0 aromatic carbocycles. The summed E-state index contributed by atoms with van der Waals surface area (Å²) < 4.78 is 23.3. The van der Waals surface area contributed by atoms with Gasteiger partial charge in [0.1, 0.15) is 13.2 Å². The lowest BCUT2D eigenvalue weighted by atomic mass is 10.0. The fourth-order valence-electron chi connectivity index (χ4n) is 4.96. The lowest BCUT2D eigenvalue weighted by Gasteiger charge is -2.26. The summed E-state index contributed by atoms with van der Waals surface area (Å²) >= 11 is 0. The highest BCUT2D eigenvalue weighted by molar-refractivity contribution is 7.47. The second kappa shape index (κ2) is 34.4. The van der Waals surface area contributed by atoms with Crippen molar-refractivity contribution in [3.8, 4) is 0 Å². The number of hydrogen-bond acceptors (Lipinski definition) is 5. The van der Waals surface area contributed by atoms with Gasteiger partial charge in [-0.05, 0) is 70.6 Å². The number of unbranched alkanes of at least 4 members (excludes halogenated alkanes) is 7. The smallest absolute Gasteiger partial charge is 0.391 e. The van der Waals surface area contributed by atoms with E-state index in [4.69, 9.17) is 9.05 Å². The van der Waals surface area contributed by atoms with Gasteiger partial charge in [-0.15, -0.1) is 0 Å². The Bertz CT molecular complexity index is 1120. The Morgan fingerprint density at radius 2 is 1.15 bits per heavy atom. The van der Waals surface area contributed by atoms with Crippen LogP contribution in [0.4, 0.5) is 0 Å². The van der Waals surface area contributed by atoms with Gasteiger partial charge in [0.15, 0.2) is 0 Å². The van der Waals surface area contributed by atoms with E-state index in [1.54, 1.807) is 0 Å². The van der Waals surface area contributed by atoms with Crippen molar-refractivity contribution < 1.29 is 32.9 Å². The van der Waals surface area contributed by atoms with Crippen molar-refractivity contribution in [3.05, 3.63) is 85.1 Å². The maximum atomic E-state index is 12.7. The fourth-order valence-corrected chi connectivity index (χ4v) is 5.70. The quantitative estimate of drug-likeness (QED) is 0.0262. The molecule has 298 valence electrons. The number of nitrogens with zero attached hydrogens (tertiary/aromatic N) is 1. The SMILES string of the molecule is CC/C=C\C/C=C\C/C=C\C/C=C\C/C=C\C/C=C\C/C=C\CCCCCC(=O)NC(COP(=O)(O)OCC[N+](C)(C)C)C(O)CCCCCCC. The average molecular weight is 748 g/mol. The first-order chi connectivity index (χ1) is 25.0. The number of aliphatic hydroxyl groups excluding tert-OH is 1. The molecular formula is C43H76N2O6P+. The van der Waals surface area contributed by atoms with Gasteiger partial charge in [-0.25, -0.2) is 4.57 Å². The number of quaternary nitrogens is 1. The number of phosphoric ester groups is 1. The van der Waals surface area contributed by atoms with Crippen LogP contribution in [-0.4, -0.2) is 73.4 Å². The van der Waals surface area contributed by atoms with Gasteiger partial charge in [0.2, 0.25) is 5.91 Å². The summed E-state index contributed by atoms with van der Waals surface area (Å²) in [6.45, 7) is 4.61. The summed E-state index contributed by atoms with van der Waals surface area (Å²) in [6.07, 6.45) is 46.5. The molecule has 0 heterocycles. The molecule has 0 aromatic heterocycles. The Morgan fingerprint density at radius 3 is 1.65 bits per heavy atom. The number of rotatable bonds is 34. The minimum atomic E-state index is -4.31. The third kappa shape index (κ3) is 36.1. The Kier molecular flexibility index (Phi) is 32.9. The molecule has 0 rings (SSSR count). The van der Waals surface area contributed by atoms with Gasteiger partial charge in [-0.2, -0.15) is 0 Å². The maximum Gasteiger partial charge on any atom is 0.472 e. The molecule has 0 aliphatic heterocycles. The molecule has 8 nitrogen and oxygen atoms in total. The Morgan fingerprint density at radius 1 is 0.673 bits per heavy atom. The molecule has 0 saturated carbocycles. The zero-order chi connectivity index (χ0) is 38.6. The van der Waals surface area contributed by atoms with Crippen molar-refractivity contribution in [2.75, 3.05) is 40.9 Å². The van der Waals surface area contributed by atoms with Gasteiger partial charge in [0, 0.05) is 6.42 Å². The first-order valence-electron chi connectivity index (χ1n) is 20.0. The summed E-state index contributed by atoms with van der Waals surface area (Å²) in [5.74, 6) is -0.189. The molecule has 0 aliphatic carbocycles. The number of amides is 1. The number of carbonyl (C=O) groups excluding carboxylic acids is 1. The second-order valence-electron chi connectivity index (χ2n) is 14.3. The number of nitrogens with one attached hydrogen (secondary N) is 1. The minimum absolute atomic E-state index is 0.0615. The van der Waals surface area contributed by atoms with Gasteiger partial charge in [0.25, 0.3) is 0 Å². The zero-order valence-electron chi connectivity index (χ0n) is 33.5. The Labute approximate surface area is 318 Å². The van der Waals surface area contributed by atoms with E-state index in [1.165, 1.54) is 0 Å². The highest BCUT2D eigenvalue weighted by Gasteiger charge is 2.28. The van der Waals surface area contributed by atoms with Crippen LogP contribution < -0.4 is 5.32 Å². The van der Waals surface area contributed by atoms with E-state index in [-0.39, 0.29) is 19.1 Å². The first kappa shape index (κ1) is 49.7. The van der Waals surface area contributed by atoms with Crippen molar-refractivity contribution in [1.82, 2.24) is 5.32 Å². The van der Waals surface area contributed by atoms with E-state index in [1.807, 2.05) is 21.1 Å². The molecule has 0 saturated heterocycles. The molecular weight excluding hydrogens is 671 g/mol. The summed E-state index contributed by atoms with van der Waals surface area (Å²) in [4.78, 5) is 22.9. The first-order valence-corrected chi connectivity index (χ1v) is 21.4. The molecule has 3 N–H and O–H groups in total. The maximum absolute atomic E-state index is 12.7. The van der Waals surface area contributed by atoms with E-state index >= 15 is 0 Å². The standard InChI is InChI=1S/C43H75N2O6P/c1-6-8-10-12-13-14-15-16-17-18-19-20-21-22-23-24-25-26-27-28-29-30-31-33-35-37-43(47)44-41(42(46)36-34-32-11-9-7-2)40-51-52(48,49)50-39-38-45(3,4)5/h8,10,13-14,16-17,19-20,22-23,25-26,28-29,41-42,46H,6-7,9,11-12,15,18,21,24,27,30-40H2,1-5H3,(H-,44,47,48,49)/p+1/b10-8-,14-13-,17-16-,20-19-,23-22-,26-25-,29-28-. The van der Waals surface area contributed by atoms with Gasteiger partial charge < -0.3 is 19.8 Å². The third-order valence-corrected chi connectivity index (χ3v) is 9.14. The number of hydrogen-bond donors (Lipinski definition) is 3. The molecule has 3 unspecified atom stereocenters. The molecule has 0 spiro atoms. The topological polar surface area (TPSA) is 105 Å². The average Bonchev–Trinajstić information content (AvgIpc) is 3.09. The van der Waals surface area contributed by atoms with Gasteiger partial charge >= 0.3 is 7.82 Å². The predicted molar refractivity (Wildman–Crippen MR) is 221 cm³/mol. The molecule has 0 fully saturated rings. The van der Waals surface area contributed by atoms with Crippen LogP contribution in [0, 0.1) is 0 Å². The van der Waals surface area contributed by atoms with E-state index in [0.29, 0.717) is 23.9 Å². The van der Waals surface area contributed by atoms with Crippen molar-refractivity contribution >= 4 is 13.7 Å². The second-order valence-corrected chi connectivity index (χ2v) is 15.7. The van der Waals surface area contributed by atoms with E-state index in [0.717, 1.165) is 103 Å². The van der Waals surface area contributed by atoms with Crippen LogP contribution >= 0.6 is 7.82 Å². The van der Waals surface area contributed by atoms with Crippen LogP contribution in [0.15, 0.2) is 85.1 Å². The van der Waals surface area contributed by atoms with Crippen molar-refractivity contribution in [1.29, 1.82) is 0 Å². The number of carbonyl (C=O) groups is 1. The third-order valence-electron chi connectivity index (χ3n) is 8.16. The lowest BCUT2D eigenvalue weighted by molar-refractivity contribution is -0.870. The van der Waals surface area contributed by atoms with Gasteiger partial charge in [0.05, 0.1) is 39.9 Å². The monoisotopic (exact) mass is 748 g/mol. The van der Waals surface area contributed by atoms with Crippen LogP contribution in [-0.2, 0) is 18.4 Å². The minimum Gasteiger partial charge on any atom is -0.391 e. The van der Waals surface area contributed by atoms with Gasteiger partial charge in [-0.3, -0.25) is 13.8 Å². The van der Waals surface area contributed by atoms with Crippen LogP contribution in [0.25, 0.3) is 0 Å². The zero-order valence-corrected chi connectivity index (χ0v) is 34.4. The van der Waals surface area contributed by atoms with E-state index in [2.05, 4.69) is 104 Å². The van der Waals surface area contributed by atoms with Crippen molar-refractivity contribution in [2.24, 2.45) is 0 Å². The molecule has 0 bridgehead atoms. The molecule has 0 aliphatic rings. The Balaban J connectivity index is 4.25. The molecule has 0 radical (unpaired) electrons. The van der Waals surface area contributed by atoms with Crippen molar-refractivity contribution in [3.63, 3.8) is 0 Å². The normalized spacial score (nSPS) is 15.4. The highest BCUT2D eigenvalue weighted by atomic mass is 31.2. The molecule has 1 amide bonds. The highest BCUT2D eigenvalue weighted by Crippen LogP contribution is 2.43. The molecule has 0 aromatic rings. The lowest BCUT2D eigenvalue weighted by Crippen LogP contribution is -2.46. The van der Waals surface area contributed by atoms with E-state index in [9.17, 15) is 19.4 Å². The van der Waals surface area contributed by atoms with Crippen LogP contribution in [0.2, 0.25) is 0 Å².